The standard InChI is InChI=1S/C32H39N3O9/c1-41-27-12-6-24(7-13-27)30(37)44-29-16-14-28(15-17-29)42-22-5-3-2-4-18-35(19-21-36)20-23-43-32(40)34-26-10-8-25(9-11-26)33-31(38)39/h6-17,33,36H,2-5,18-23H2,1H3,(H,34,40)(H,38,39). The van der Waals surface area contributed by atoms with Crippen molar-refractivity contribution in [2.45, 2.75) is 25.7 Å². The third-order valence-electron chi connectivity index (χ3n) is 6.44. The number of hydrogen-bond donors (Lipinski definition) is 4. The zero-order chi connectivity index (χ0) is 31.6. The molecule has 4 N–H and O–H groups in total. The van der Waals surface area contributed by atoms with E-state index in [1.165, 1.54) is 12.1 Å². The zero-order valence-corrected chi connectivity index (χ0v) is 24.7. The number of carbonyl (C=O) groups excluding carboxylic acids is 2. The highest BCUT2D eigenvalue weighted by atomic mass is 16.5. The number of amides is 2. The minimum atomic E-state index is -1.17. The third-order valence-corrected chi connectivity index (χ3v) is 6.44. The van der Waals surface area contributed by atoms with E-state index in [1.807, 2.05) is 4.90 Å². The predicted molar refractivity (Wildman–Crippen MR) is 165 cm³/mol. The number of methoxy groups -OCH3 is 1. The van der Waals surface area contributed by atoms with Crippen LogP contribution in [0.4, 0.5) is 21.0 Å². The first kappa shape index (κ1) is 33.7. The van der Waals surface area contributed by atoms with Crippen LogP contribution in [0.15, 0.2) is 72.8 Å². The van der Waals surface area contributed by atoms with E-state index in [1.54, 1.807) is 67.8 Å². The number of rotatable bonds is 18. The van der Waals surface area contributed by atoms with E-state index in [0.717, 1.165) is 32.2 Å². The number of benzene rings is 3. The van der Waals surface area contributed by atoms with Crippen molar-refractivity contribution < 1.29 is 43.5 Å². The minimum Gasteiger partial charge on any atom is -0.497 e. The number of ether oxygens (including phenoxy) is 4. The molecule has 0 atom stereocenters. The molecular weight excluding hydrogens is 570 g/mol. The van der Waals surface area contributed by atoms with Gasteiger partial charge >= 0.3 is 18.2 Å². The smallest absolute Gasteiger partial charge is 0.411 e. The Morgan fingerprint density at radius 3 is 1.95 bits per heavy atom. The van der Waals surface area contributed by atoms with Crippen LogP contribution in [-0.4, -0.2) is 79.8 Å². The lowest BCUT2D eigenvalue weighted by atomic mass is 10.2. The van der Waals surface area contributed by atoms with Crippen LogP contribution >= 0.6 is 0 Å². The number of aliphatic hydroxyl groups is 1. The molecule has 3 aromatic rings. The Morgan fingerprint density at radius 2 is 1.32 bits per heavy atom. The molecule has 0 aliphatic heterocycles. The van der Waals surface area contributed by atoms with Crippen LogP contribution in [0.1, 0.15) is 36.0 Å². The van der Waals surface area contributed by atoms with Gasteiger partial charge < -0.3 is 29.2 Å². The van der Waals surface area contributed by atoms with Gasteiger partial charge in [-0.1, -0.05) is 12.8 Å². The minimum absolute atomic E-state index is 0.0102. The monoisotopic (exact) mass is 609 g/mol. The van der Waals surface area contributed by atoms with Crippen molar-refractivity contribution in [3.8, 4) is 17.2 Å². The van der Waals surface area contributed by atoms with Crippen molar-refractivity contribution in [2.24, 2.45) is 0 Å². The van der Waals surface area contributed by atoms with Gasteiger partial charge in [0, 0.05) is 24.5 Å². The Morgan fingerprint density at radius 1 is 0.705 bits per heavy atom. The maximum absolute atomic E-state index is 12.3. The summed E-state index contributed by atoms with van der Waals surface area (Å²) in [5.41, 5.74) is 1.30. The van der Waals surface area contributed by atoms with E-state index in [2.05, 4.69) is 10.6 Å². The van der Waals surface area contributed by atoms with Gasteiger partial charge in [0.25, 0.3) is 0 Å². The fourth-order valence-corrected chi connectivity index (χ4v) is 4.14. The molecule has 3 aromatic carbocycles. The Balaban J connectivity index is 1.25. The summed E-state index contributed by atoms with van der Waals surface area (Å²) >= 11 is 0. The van der Waals surface area contributed by atoms with E-state index in [9.17, 15) is 19.5 Å². The SMILES string of the molecule is COc1ccc(C(=O)Oc2ccc(OCCCCCCN(CCO)CCOC(=O)Nc3ccc(NC(=O)O)cc3)cc2)cc1. The average Bonchev–Trinajstić information content (AvgIpc) is 3.02. The lowest BCUT2D eigenvalue weighted by Crippen LogP contribution is -2.32. The van der Waals surface area contributed by atoms with Crippen molar-refractivity contribution >= 4 is 29.5 Å². The molecule has 0 saturated carbocycles. The molecule has 236 valence electrons. The zero-order valence-electron chi connectivity index (χ0n) is 24.7. The van der Waals surface area contributed by atoms with Gasteiger partial charge in [-0.05, 0) is 92.2 Å². The van der Waals surface area contributed by atoms with Gasteiger partial charge in [-0.25, -0.2) is 14.4 Å². The van der Waals surface area contributed by atoms with Crippen LogP contribution in [0.3, 0.4) is 0 Å². The second kappa shape index (κ2) is 18.7. The maximum Gasteiger partial charge on any atom is 0.411 e. The topological polar surface area (TPSA) is 156 Å². The van der Waals surface area contributed by atoms with Crippen LogP contribution < -0.4 is 24.8 Å². The van der Waals surface area contributed by atoms with Crippen molar-refractivity contribution in [2.75, 3.05) is 57.2 Å². The van der Waals surface area contributed by atoms with Crippen molar-refractivity contribution in [1.29, 1.82) is 0 Å². The summed E-state index contributed by atoms with van der Waals surface area (Å²) in [6.07, 6.45) is 1.99. The summed E-state index contributed by atoms with van der Waals surface area (Å²) < 4.78 is 21.6. The molecule has 44 heavy (non-hydrogen) atoms. The summed E-state index contributed by atoms with van der Waals surface area (Å²) in [6, 6.07) is 19.8. The molecule has 3 rings (SSSR count). The molecule has 12 heteroatoms. The van der Waals surface area contributed by atoms with Gasteiger partial charge in [-0.15, -0.1) is 0 Å². The number of carbonyl (C=O) groups is 3. The molecular formula is C32H39N3O9. The number of esters is 1. The largest absolute Gasteiger partial charge is 0.497 e. The molecule has 0 aliphatic rings. The summed E-state index contributed by atoms with van der Waals surface area (Å²) in [4.78, 5) is 37.1. The molecule has 12 nitrogen and oxygen atoms in total. The van der Waals surface area contributed by atoms with Crippen LogP contribution in [0.5, 0.6) is 17.2 Å². The first-order valence-electron chi connectivity index (χ1n) is 14.3. The first-order valence-corrected chi connectivity index (χ1v) is 14.3. The lowest BCUT2D eigenvalue weighted by Gasteiger charge is -2.21. The quantitative estimate of drug-likeness (QED) is 0.0827. The predicted octanol–water partition coefficient (Wildman–Crippen LogP) is 5.49. The highest BCUT2D eigenvalue weighted by Gasteiger charge is 2.10. The second-order valence-electron chi connectivity index (χ2n) is 9.69. The number of nitrogens with zero attached hydrogens (tertiary/aromatic N) is 1. The highest BCUT2D eigenvalue weighted by Crippen LogP contribution is 2.20. The summed E-state index contributed by atoms with van der Waals surface area (Å²) in [5, 5.41) is 22.9. The molecule has 0 spiro atoms. The molecule has 0 unspecified atom stereocenters. The maximum atomic E-state index is 12.3. The van der Waals surface area contributed by atoms with Gasteiger partial charge in [0.05, 0.1) is 25.9 Å². The van der Waals surface area contributed by atoms with Crippen LogP contribution in [-0.2, 0) is 4.74 Å². The van der Waals surface area contributed by atoms with Gasteiger partial charge in [0.2, 0.25) is 0 Å². The molecule has 0 aromatic heterocycles. The molecule has 0 heterocycles. The van der Waals surface area contributed by atoms with Crippen molar-refractivity contribution in [3.05, 3.63) is 78.4 Å². The number of carboxylic acid groups (broad SMARTS) is 1. The molecule has 0 saturated heterocycles. The van der Waals surface area contributed by atoms with E-state index in [0.29, 0.717) is 53.9 Å². The molecule has 0 aliphatic carbocycles. The number of aliphatic hydroxyl groups excluding tert-OH is 1. The van der Waals surface area contributed by atoms with Crippen LogP contribution in [0, 0.1) is 0 Å². The Bertz CT molecular complexity index is 1300. The summed E-state index contributed by atoms with van der Waals surface area (Å²) in [7, 11) is 1.56. The van der Waals surface area contributed by atoms with E-state index >= 15 is 0 Å². The Hall–Kier alpha value is -4.81. The second-order valence-corrected chi connectivity index (χ2v) is 9.69. The van der Waals surface area contributed by atoms with Gasteiger partial charge in [-0.2, -0.15) is 0 Å². The van der Waals surface area contributed by atoms with Gasteiger partial charge in [0.1, 0.15) is 23.9 Å². The summed E-state index contributed by atoms with van der Waals surface area (Å²) in [6.45, 7) is 2.48. The molecule has 2 amide bonds. The fourth-order valence-electron chi connectivity index (χ4n) is 4.14. The number of nitrogens with one attached hydrogen (secondary N) is 2. The van der Waals surface area contributed by atoms with E-state index < -0.39 is 18.2 Å². The molecule has 0 radical (unpaired) electrons. The molecule has 0 bridgehead atoms. The van der Waals surface area contributed by atoms with Gasteiger partial charge in [-0.3, -0.25) is 15.5 Å². The van der Waals surface area contributed by atoms with Crippen molar-refractivity contribution in [3.63, 3.8) is 0 Å². The van der Waals surface area contributed by atoms with E-state index in [4.69, 9.17) is 24.1 Å². The fraction of sp³-hybridized carbons (Fsp3) is 0.344. The number of anilines is 2. The van der Waals surface area contributed by atoms with Crippen molar-refractivity contribution in [1.82, 2.24) is 4.90 Å². The van der Waals surface area contributed by atoms with Gasteiger partial charge in [0.15, 0.2) is 0 Å². The molecule has 0 fully saturated rings. The Kier molecular flexibility index (Phi) is 14.3. The normalized spacial score (nSPS) is 10.6. The third kappa shape index (κ3) is 12.6. The summed E-state index contributed by atoms with van der Waals surface area (Å²) in [5.74, 6) is 1.34. The van der Waals surface area contributed by atoms with Crippen LogP contribution in [0.25, 0.3) is 0 Å². The Labute approximate surface area is 256 Å². The highest BCUT2D eigenvalue weighted by molar-refractivity contribution is 5.91. The van der Waals surface area contributed by atoms with Crippen LogP contribution in [0.2, 0.25) is 0 Å². The lowest BCUT2D eigenvalue weighted by molar-refractivity contribution is 0.0734. The average molecular weight is 610 g/mol. The first-order chi connectivity index (χ1) is 21.4. The van der Waals surface area contributed by atoms with E-state index in [-0.39, 0.29) is 13.2 Å². The number of unbranched alkanes of at least 4 members (excludes halogenated alkanes) is 3. The number of hydrogen-bond acceptors (Lipinski definition) is 9.